The van der Waals surface area contributed by atoms with Crippen molar-refractivity contribution in [2.45, 2.75) is 37.5 Å². The van der Waals surface area contributed by atoms with Crippen LogP contribution in [0, 0.1) is 23.7 Å². The highest BCUT2D eigenvalue weighted by atomic mass is 15.1. The Labute approximate surface area is 288 Å². The van der Waals surface area contributed by atoms with Crippen LogP contribution in [0.15, 0.2) is 152 Å². The van der Waals surface area contributed by atoms with Gasteiger partial charge in [-0.15, -0.1) is 0 Å². The Morgan fingerprint density at radius 3 is 1.53 bits per heavy atom. The summed E-state index contributed by atoms with van der Waals surface area (Å²) in [5, 5.41) is 5.01. The third kappa shape index (κ3) is 4.05. The zero-order chi connectivity index (χ0) is 32.1. The number of fused-ring (bicyclic) bond motifs is 5. The van der Waals surface area contributed by atoms with E-state index in [9.17, 15) is 0 Å². The molecule has 4 bridgehead atoms. The van der Waals surface area contributed by atoms with Gasteiger partial charge in [-0.25, -0.2) is 0 Å². The molecule has 1 nitrogen and oxygen atoms in total. The highest BCUT2D eigenvalue weighted by molar-refractivity contribution is 5.93. The van der Waals surface area contributed by atoms with Crippen LogP contribution in [-0.4, -0.2) is 0 Å². The van der Waals surface area contributed by atoms with Gasteiger partial charge in [0.1, 0.15) is 0 Å². The summed E-state index contributed by atoms with van der Waals surface area (Å²) in [6, 6.07) is 57.1. The van der Waals surface area contributed by atoms with Crippen molar-refractivity contribution in [3.63, 3.8) is 0 Å². The van der Waals surface area contributed by atoms with Gasteiger partial charge >= 0.3 is 0 Å². The Morgan fingerprint density at radius 1 is 0.388 bits per heavy atom. The molecule has 0 aromatic heterocycles. The molecule has 0 radical (unpaired) electrons. The molecule has 236 valence electrons. The van der Waals surface area contributed by atoms with Gasteiger partial charge in [0.05, 0.1) is 0 Å². The maximum absolute atomic E-state index is 2.54. The van der Waals surface area contributed by atoms with Crippen LogP contribution in [0.4, 0.5) is 17.1 Å². The molecule has 49 heavy (non-hydrogen) atoms. The largest absolute Gasteiger partial charge is 0.310 e. The Balaban J connectivity index is 1.01. The van der Waals surface area contributed by atoms with Crippen molar-refractivity contribution in [1.82, 2.24) is 0 Å². The van der Waals surface area contributed by atoms with Crippen LogP contribution in [0.2, 0.25) is 0 Å². The maximum atomic E-state index is 2.54. The van der Waals surface area contributed by atoms with Crippen LogP contribution in [0.1, 0.15) is 43.2 Å². The molecule has 0 aliphatic heterocycles. The lowest BCUT2D eigenvalue weighted by Crippen LogP contribution is -2.55. The topological polar surface area (TPSA) is 3.24 Å². The van der Waals surface area contributed by atoms with E-state index in [0.717, 1.165) is 40.7 Å². The number of hydrogen-bond acceptors (Lipinski definition) is 1. The molecular weight excluding hydrogens is 591 g/mol. The average molecular weight is 630 g/mol. The highest BCUT2D eigenvalue weighted by Crippen LogP contribution is 2.69. The highest BCUT2D eigenvalue weighted by Gasteiger charge is 2.61. The first-order valence-electron chi connectivity index (χ1n) is 18.3. The molecule has 1 heteroatoms. The van der Waals surface area contributed by atoms with Crippen LogP contribution in [0.5, 0.6) is 0 Å². The van der Waals surface area contributed by atoms with Crippen molar-refractivity contribution in [2.75, 3.05) is 4.90 Å². The summed E-state index contributed by atoms with van der Waals surface area (Å²) in [6.07, 6.45) is 7.19. The van der Waals surface area contributed by atoms with Gasteiger partial charge < -0.3 is 4.90 Å². The Kier molecular flexibility index (Phi) is 5.91. The predicted octanol–water partition coefficient (Wildman–Crippen LogP) is 12.9. The molecule has 0 heterocycles. The smallest absolute Gasteiger partial charge is 0.0468 e. The fourth-order valence-corrected chi connectivity index (χ4v) is 11.2. The molecule has 4 saturated carbocycles. The lowest BCUT2D eigenvalue weighted by atomic mass is 9.43. The Bertz CT molecular complexity index is 2310. The van der Waals surface area contributed by atoms with Gasteiger partial charge in [0.25, 0.3) is 0 Å². The third-order valence-electron chi connectivity index (χ3n) is 13.0. The van der Waals surface area contributed by atoms with Crippen molar-refractivity contribution >= 4 is 38.6 Å². The van der Waals surface area contributed by atoms with E-state index in [-0.39, 0.29) is 5.41 Å². The molecule has 0 unspecified atom stereocenters. The molecule has 0 saturated heterocycles. The Morgan fingerprint density at radius 2 is 0.898 bits per heavy atom. The minimum atomic E-state index is 0.224. The second kappa shape index (κ2) is 10.4. The van der Waals surface area contributed by atoms with Crippen molar-refractivity contribution in [1.29, 1.82) is 0 Å². The van der Waals surface area contributed by atoms with Crippen molar-refractivity contribution in [3.05, 3.63) is 163 Å². The predicted molar refractivity (Wildman–Crippen MR) is 205 cm³/mol. The molecular formula is C48H39N. The third-order valence-corrected chi connectivity index (χ3v) is 13.0. The van der Waals surface area contributed by atoms with E-state index in [4.69, 9.17) is 0 Å². The second-order valence-electron chi connectivity index (χ2n) is 15.4. The summed E-state index contributed by atoms with van der Waals surface area (Å²) in [5.74, 6) is 3.52. The molecule has 0 atom stereocenters. The number of anilines is 3. The monoisotopic (exact) mass is 629 g/mol. The summed E-state index contributed by atoms with van der Waals surface area (Å²) in [4.78, 5) is 2.40. The molecule has 5 aliphatic rings. The van der Waals surface area contributed by atoms with Crippen LogP contribution in [0.25, 0.3) is 43.8 Å². The molecule has 0 amide bonds. The average Bonchev–Trinajstić information content (AvgIpc) is 3.44. The van der Waals surface area contributed by atoms with Gasteiger partial charge in [0, 0.05) is 22.5 Å². The summed E-state index contributed by atoms with van der Waals surface area (Å²) in [5.41, 5.74) is 12.5. The van der Waals surface area contributed by atoms with E-state index in [1.807, 2.05) is 0 Å². The maximum Gasteiger partial charge on any atom is 0.0468 e. The summed E-state index contributed by atoms with van der Waals surface area (Å²) >= 11 is 0. The van der Waals surface area contributed by atoms with Crippen LogP contribution in [-0.2, 0) is 5.41 Å². The van der Waals surface area contributed by atoms with Crippen molar-refractivity contribution < 1.29 is 0 Å². The first kappa shape index (κ1) is 27.8. The fraction of sp³-hybridized carbons (Fsp3) is 0.208. The molecule has 12 rings (SSSR count). The lowest BCUT2D eigenvalue weighted by Gasteiger charge is -2.61. The first-order chi connectivity index (χ1) is 24.2. The second-order valence-corrected chi connectivity index (χ2v) is 15.4. The van der Waals surface area contributed by atoms with E-state index < -0.39 is 0 Å². The van der Waals surface area contributed by atoms with E-state index in [0.29, 0.717) is 0 Å². The number of nitrogens with zero attached hydrogens (tertiary/aromatic N) is 1. The van der Waals surface area contributed by atoms with E-state index >= 15 is 0 Å². The molecule has 4 fully saturated rings. The fourth-order valence-electron chi connectivity index (χ4n) is 11.2. The van der Waals surface area contributed by atoms with Gasteiger partial charge in [-0.2, -0.15) is 0 Å². The van der Waals surface area contributed by atoms with E-state index in [1.165, 1.54) is 75.9 Å². The normalized spacial score (nSPS) is 24.4. The molecule has 7 aromatic rings. The van der Waals surface area contributed by atoms with Gasteiger partial charge in [0.15, 0.2) is 0 Å². The SMILES string of the molecule is c1ccc2c(c1)-c1cc(-c3ccc(N(c4ccc5ccccc5c4)c4ccc5ccccc5c4)cc3)ccc1C21C2CC3CC(C2)CC1C3. The molecule has 5 aliphatic carbocycles. The molecule has 7 aromatic carbocycles. The van der Waals surface area contributed by atoms with E-state index in [2.05, 4.69) is 157 Å². The minimum Gasteiger partial charge on any atom is -0.310 e. The van der Waals surface area contributed by atoms with Crippen LogP contribution < -0.4 is 4.90 Å². The zero-order valence-electron chi connectivity index (χ0n) is 27.7. The number of rotatable bonds is 4. The van der Waals surface area contributed by atoms with E-state index in [1.54, 1.807) is 11.1 Å². The van der Waals surface area contributed by atoms with Gasteiger partial charge in [-0.1, -0.05) is 109 Å². The van der Waals surface area contributed by atoms with Crippen LogP contribution >= 0.6 is 0 Å². The van der Waals surface area contributed by atoms with Gasteiger partial charge in [-0.05, 0) is 153 Å². The van der Waals surface area contributed by atoms with Gasteiger partial charge in [0.2, 0.25) is 0 Å². The van der Waals surface area contributed by atoms with Gasteiger partial charge in [-0.3, -0.25) is 0 Å². The van der Waals surface area contributed by atoms with Crippen LogP contribution in [0.3, 0.4) is 0 Å². The number of benzene rings is 7. The standard InChI is InChI=1S/C48H39N/c1-3-9-36-28-42(20-15-33(36)7-1)49(43-21-16-34-8-2-4-10-37(34)29-43)41-18-13-35(14-19-41)38-17-22-47-45(30-38)44-11-5-6-12-46(44)48(47)39-24-31-23-32(26-39)27-40(48)25-31/h1-22,28-32,39-40H,23-27H2. The summed E-state index contributed by atoms with van der Waals surface area (Å²) in [6.45, 7) is 0. The first-order valence-corrected chi connectivity index (χ1v) is 18.3. The minimum absolute atomic E-state index is 0.224. The summed E-state index contributed by atoms with van der Waals surface area (Å²) < 4.78 is 0. The zero-order valence-corrected chi connectivity index (χ0v) is 27.7. The summed E-state index contributed by atoms with van der Waals surface area (Å²) in [7, 11) is 0. The van der Waals surface area contributed by atoms with Crippen molar-refractivity contribution in [3.8, 4) is 22.3 Å². The molecule has 0 N–H and O–H groups in total. The lowest BCUT2D eigenvalue weighted by molar-refractivity contribution is -0.0399. The quantitative estimate of drug-likeness (QED) is 0.187. The Hall–Kier alpha value is -5.14. The van der Waals surface area contributed by atoms with Crippen molar-refractivity contribution in [2.24, 2.45) is 23.7 Å². The number of hydrogen-bond donors (Lipinski definition) is 0. The molecule has 1 spiro atoms.